The predicted molar refractivity (Wildman–Crippen MR) is 158 cm³/mol. The van der Waals surface area contributed by atoms with Crippen LogP contribution < -0.4 is 4.74 Å². The molecule has 0 saturated carbocycles. The Bertz CT molecular complexity index is 1550. The zero-order chi connectivity index (χ0) is 27.2. The van der Waals surface area contributed by atoms with Crippen LogP contribution in [0.3, 0.4) is 0 Å². The van der Waals surface area contributed by atoms with Crippen LogP contribution in [-0.2, 0) is 6.42 Å². The molecule has 0 spiro atoms. The molecule has 6 heteroatoms. The number of pyridine rings is 1. The van der Waals surface area contributed by atoms with Gasteiger partial charge in [-0.05, 0) is 73.6 Å². The summed E-state index contributed by atoms with van der Waals surface area (Å²) in [6.45, 7) is 4.17. The molecule has 1 aliphatic heterocycles. The number of benzene rings is 2. The SMILES string of the molecule is CCc1[nH]c2ccc(-c3cncc(Oc4ccccc4)c3)cc2c1C(=O)CCCC1=CCC(CC)C(=N)N=C1. The molecule has 0 saturated heterocycles. The number of hydrogen-bond acceptors (Lipinski definition) is 4. The van der Waals surface area contributed by atoms with Crippen LogP contribution >= 0.6 is 0 Å². The number of rotatable bonds is 10. The van der Waals surface area contributed by atoms with Crippen LogP contribution in [0.15, 0.2) is 83.6 Å². The van der Waals surface area contributed by atoms with Gasteiger partial charge >= 0.3 is 0 Å². The number of allylic oxidation sites excluding steroid dienone is 2. The molecule has 39 heavy (non-hydrogen) atoms. The third-order valence-corrected chi connectivity index (χ3v) is 7.32. The Morgan fingerprint density at radius 2 is 1.90 bits per heavy atom. The number of nitrogens with one attached hydrogen (secondary N) is 2. The number of aromatic amines is 1. The Balaban J connectivity index is 1.35. The summed E-state index contributed by atoms with van der Waals surface area (Å²) in [5, 5.41) is 9.02. The molecular weight excluding hydrogens is 484 g/mol. The topological polar surface area (TPSA) is 91.2 Å². The fraction of sp³-hybridized carbons (Fsp3) is 0.273. The zero-order valence-electron chi connectivity index (χ0n) is 22.5. The molecule has 0 aliphatic carbocycles. The number of H-pyrrole nitrogens is 1. The van der Waals surface area contributed by atoms with Crippen LogP contribution in [0.2, 0.25) is 0 Å². The molecule has 2 aromatic heterocycles. The third-order valence-electron chi connectivity index (χ3n) is 7.32. The van der Waals surface area contributed by atoms with Crippen LogP contribution in [0, 0.1) is 11.3 Å². The van der Waals surface area contributed by atoms with Crippen molar-refractivity contribution in [2.24, 2.45) is 10.9 Å². The molecule has 0 radical (unpaired) electrons. The average molecular weight is 519 g/mol. The van der Waals surface area contributed by atoms with Gasteiger partial charge in [-0.2, -0.15) is 0 Å². The van der Waals surface area contributed by atoms with Crippen LogP contribution in [0.5, 0.6) is 11.5 Å². The van der Waals surface area contributed by atoms with Crippen molar-refractivity contribution in [1.29, 1.82) is 5.41 Å². The highest BCUT2D eigenvalue weighted by Gasteiger charge is 2.19. The molecule has 1 atom stereocenters. The number of carbonyl (C=O) groups excluding carboxylic acids is 1. The van der Waals surface area contributed by atoms with Crippen molar-refractivity contribution in [1.82, 2.24) is 9.97 Å². The first kappa shape index (κ1) is 26.3. The molecule has 2 aromatic carbocycles. The summed E-state index contributed by atoms with van der Waals surface area (Å²) in [6, 6.07) is 17.8. The molecule has 1 aliphatic rings. The summed E-state index contributed by atoms with van der Waals surface area (Å²) in [6.07, 6.45) is 12.0. The first-order chi connectivity index (χ1) is 19.1. The summed E-state index contributed by atoms with van der Waals surface area (Å²) in [5.74, 6) is 2.21. The second-order valence-corrected chi connectivity index (χ2v) is 9.96. The number of aryl methyl sites for hydroxylation is 1. The van der Waals surface area contributed by atoms with E-state index < -0.39 is 0 Å². The van der Waals surface area contributed by atoms with E-state index in [0.29, 0.717) is 18.0 Å². The smallest absolute Gasteiger partial charge is 0.165 e. The highest BCUT2D eigenvalue weighted by Crippen LogP contribution is 2.32. The van der Waals surface area contributed by atoms with Crippen LogP contribution in [0.1, 0.15) is 62.0 Å². The lowest BCUT2D eigenvalue weighted by molar-refractivity contribution is 0.0981. The Morgan fingerprint density at radius 3 is 2.69 bits per heavy atom. The van der Waals surface area contributed by atoms with Crippen molar-refractivity contribution >= 4 is 28.7 Å². The van der Waals surface area contributed by atoms with Gasteiger partial charge in [0, 0.05) is 52.5 Å². The highest BCUT2D eigenvalue weighted by molar-refractivity contribution is 6.10. The van der Waals surface area contributed by atoms with Gasteiger partial charge in [0.05, 0.1) is 6.20 Å². The van der Waals surface area contributed by atoms with Crippen LogP contribution in [0.4, 0.5) is 0 Å². The van der Waals surface area contributed by atoms with E-state index in [-0.39, 0.29) is 11.7 Å². The Kier molecular flexibility index (Phi) is 8.11. The van der Waals surface area contributed by atoms with Crippen molar-refractivity contribution in [3.8, 4) is 22.6 Å². The minimum absolute atomic E-state index is 0.153. The molecule has 5 rings (SSSR count). The number of aliphatic imine (C=N–C) groups is 1. The van der Waals surface area contributed by atoms with Crippen LogP contribution in [-0.4, -0.2) is 27.8 Å². The lowest BCUT2D eigenvalue weighted by Crippen LogP contribution is -2.07. The van der Waals surface area contributed by atoms with Crippen molar-refractivity contribution in [3.05, 3.63) is 89.9 Å². The summed E-state index contributed by atoms with van der Waals surface area (Å²) in [7, 11) is 0. The maximum absolute atomic E-state index is 13.5. The average Bonchev–Trinajstić information content (AvgIpc) is 3.24. The van der Waals surface area contributed by atoms with E-state index in [2.05, 4.69) is 47.0 Å². The lowest BCUT2D eigenvalue weighted by atomic mass is 9.96. The van der Waals surface area contributed by atoms with Gasteiger partial charge in [0.2, 0.25) is 0 Å². The quantitative estimate of drug-likeness (QED) is 0.207. The van der Waals surface area contributed by atoms with E-state index in [4.69, 9.17) is 10.1 Å². The number of para-hydroxylation sites is 1. The number of ketones is 1. The first-order valence-corrected chi connectivity index (χ1v) is 13.7. The minimum Gasteiger partial charge on any atom is -0.456 e. The number of Topliss-reactive ketones (excluding diaryl/α,β-unsaturated/α-hetero) is 1. The van der Waals surface area contributed by atoms with Crippen molar-refractivity contribution in [3.63, 3.8) is 0 Å². The van der Waals surface area contributed by atoms with Crippen LogP contribution in [0.25, 0.3) is 22.0 Å². The van der Waals surface area contributed by atoms with Crippen molar-refractivity contribution in [2.45, 2.75) is 52.4 Å². The summed E-state index contributed by atoms with van der Waals surface area (Å²) in [4.78, 5) is 25.7. The number of nitrogens with zero attached hydrogens (tertiary/aromatic N) is 2. The van der Waals surface area contributed by atoms with Gasteiger partial charge in [0.1, 0.15) is 17.3 Å². The summed E-state index contributed by atoms with van der Waals surface area (Å²) in [5.41, 5.74) is 5.75. The van der Waals surface area contributed by atoms with Gasteiger partial charge in [-0.1, -0.05) is 44.2 Å². The first-order valence-electron chi connectivity index (χ1n) is 13.7. The number of amidine groups is 1. The molecule has 3 heterocycles. The van der Waals surface area contributed by atoms with E-state index in [1.807, 2.05) is 54.9 Å². The van der Waals surface area contributed by atoms with E-state index in [1.54, 1.807) is 6.20 Å². The van der Waals surface area contributed by atoms with Gasteiger partial charge in [-0.3, -0.25) is 15.2 Å². The second kappa shape index (κ2) is 12.0. The minimum atomic E-state index is 0.153. The maximum atomic E-state index is 13.5. The molecule has 0 fully saturated rings. The monoisotopic (exact) mass is 518 g/mol. The Labute approximate surface area is 229 Å². The van der Waals surface area contributed by atoms with Crippen molar-refractivity contribution in [2.75, 3.05) is 0 Å². The number of aromatic nitrogens is 2. The summed E-state index contributed by atoms with van der Waals surface area (Å²) < 4.78 is 5.98. The molecule has 2 N–H and O–H groups in total. The van der Waals surface area contributed by atoms with E-state index in [1.165, 1.54) is 0 Å². The van der Waals surface area contributed by atoms with Gasteiger partial charge in [0.25, 0.3) is 0 Å². The number of fused-ring (bicyclic) bond motifs is 1. The molecule has 6 nitrogen and oxygen atoms in total. The van der Waals surface area contributed by atoms with Gasteiger partial charge in [-0.15, -0.1) is 0 Å². The molecule has 1 unspecified atom stereocenters. The van der Waals surface area contributed by atoms with Gasteiger partial charge in [-0.25, -0.2) is 4.99 Å². The fourth-order valence-electron chi connectivity index (χ4n) is 5.09. The highest BCUT2D eigenvalue weighted by atomic mass is 16.5. The number of carbonyl (C=O) groups is 1. The maximum Gasteiger partial charge on any atom is 0.165 e. The largest absolute Gasteiger partial charge is 0.456 e. The van der Waals surface area contributed by atoms with E-state index >= 15 is 0 Å². The molecule has 0 bridgehead atoms. The number of ether oxygens (including phenoxy) is 1. The molecular formula is C33H34N4O2. The predicted octanol–water partition coefficient (Wildman–Crippen LogP) is 8.34. The van der Waals surface area contributed by atoms with Gasteiger partial charge in [0.15, 0.2) is 5.78 Å². The third kappa shape index (κ3) is 6.06. The normalized spacial score (nSPS) is 15.3. The molecule has 4 aromatic rings. The lowest BCUT2D eigenvalue weighted by Gasteiger charge is -2.08. The van der Waals surface area contributed by atoms with Crippen molar-refractivity contribution < 1.29 is 9.53 Å². The second-order valence-electron chi connectivity index (χ2n) is 9.96. The molecule has 198 valence electrons. The zero-order valence-corrected chi connectivity index (χ0v) is 22.5. The van der Waals surface area contributed by atoms with E-state index in [0.717, 1.165) is 76.7 Å². The van der Waals surface area contributed by atoms with Gasteiger partial charge < -0.3 is 9.72 Å². The van der Waals surface area contributed by atoms with E-state index in [9.17, 15) is 4.79 Å². The Morgan fingerprint density at radius 1 is 1.05 bits per heavy atom. The Hall–Kier alpha value is -4.32. The molecule has 0 amide bonds. The standard InChI is InChI=1S/C33H34N4O2/c1-3-23-14-13-22(19-36-33(23)34)9-8-12-31(38)32-28-18-24(15-16-30(28)37-29(32)4-2)25-17-27(21-35-20-25)39-26-10-6-5-7-11-26/h5-7,10-11,13,15-21,23,34,37H,3-4,8-9,12,14H2,1-2H3. The summed E-state index contributed by atoms with van der Waals surface area (Å²) >= 11 is 0. The number of hydrogen-bond donors (Lipinski definition) is 2. The fourth-order valence-corrected chi connectivity index (χ4v) is 5.09.